The molecule has 0 aliphatic heterocycles. The van der Waals surface area contributed by atoms with Crippen LogP contribution in [0.25, 0.3) is 0 Å². The van der Waals surface area contributed by atoms with Crippen LogP contribution in [0.15, 0.2) is 47.4 Å². The van der Waals surface area contributed by atoms with E-state index in [9.17, 15) is 8.42 Å². The van der Waals surface area contributed by atoms with E-state index in [1.54, 1.807) is 18.2 Å². The molecule has 0 bridgehead atoms. The number of anilines is 1. The molecule has 0 radical (unpaired) electrons. The molecule has 0 spiro atoms. The lowest BCUT2D eigenvalue weighted by Gasteiger charge is -2.09. The molecule has 0 atom stereocenters. The predicted octanol–water partition coefficient (Wildman–Crippen LogP) is 4.75. The number of rotatable bonds is 5. The van der Waals surface area contributed by atoms with Gasteiger partial charge in [0, 0.05) is 10.0 Å². The molecule has 3 nitrogen and oxygen atoms in total. The van der Waals surface area contributed by atoms with Gasteiger partial charge in [0.2, 0.25) is 0 Å². The van der Waals surface area contributed by atoms with E-state index in [4.69, 9.17) is 23.2 Å². The highest BCUT2D eigenvalue weighted by Gasteiger charge is 2.14. The zero-order chi connectivity index (χ0) is 15.5. The van der Waals surface area contributed by atoms with Crippen LogP contribution in [-0.2, 0) is 16.4 Å². The number of hydrogen-bond donors (Lipinski definition) is 1. The van der Waals surface area contributed by atoms with E-state index < -0.39 is 10.0 Å². The molecule has 0 aromatic heterocycles. The Kier molecular flexibility index (Phi) is 5.14. The van der Waals surface area contributed by atoms with Gasteiger partial charge >= 0.3 is 0 Å². The van der Waals surface area contributed by atoms with Crippen LogP contribution in [0.5, 0.6) is 0 Å². The number of nitrogens with one attached hydrogen (secondary N) is 1. The minimum atomic E-state index is -3.65. The Balaban J connectivity index is 2.25. The van der Waals surface area contributed by atoms with Crippen molar-refractivity contribution < 1.29 is 8.42 Å². The third-order valence-electron chi connectivity index (χ3n) is 2.89. The summed E-state index contributed by atoms with van der Waals surface area (Å²) < 4.78 is 27.1. The van der Waals surface area contributed by atoms with Crippen molar-refractivity contribution in [2.75, 3.05) is 4.72 Å². The second-order valence-corrected chi connectivity index (χ2v) is 7.21. The fourth-order valence-corrected chi connectivity index (χ4v) is 3.52. The molecule has 0 heterocycles. The number of benzene rings is 2. The molecule has 0 aliphatic carbocycles. The maximum Gasteiger partial charge on any atom is 0.261 e. The average Bonchev–Trinajstić information content (AvgIpc) is 2.38. The first-order valence-corrected chi connectivity index (χ1v) is 8.72. The maximum atomic E-state index is 12.3. The molecule has 2 aromatic carbocycles. The summed E-state index contributed by atoms with van der Waals surface area (Å²) in [5.74, 6) is 0. The summed E-state index contributed by atoms with van der Waals surface area (Å²) >= 11 is 11.7. The van der Waals surface area contributed by atoms with Gasteiger partial charge < -0.3 is 0 Å². The Bertz CT molecular complexity index is 708. The van der Waals surface area contributed by atoms with Crippen molar-refractivity contribution in [1.29, 1.82) is 0 Å². The van der Waals surface area contributed by atoms with E-state index >= 15 is 0 Å². The normalized spacial score (nSPS) is 11.4. The molecule has 1 N–H and O–H groups in total. The SMILES string of the molecule is CCCc1ccc(S(=O)(=O)Nc2cc(Cl)cc(Cl)c2)cc1. The fraction of sp³-hybridized carbons (Fsp3) is 0.200. The van der Waals surface area contributed by atoms with Crippen molar-refractivity contribution in [1.82, 2.24) is 0 Å². The molecule has 112 valence electrons. The van der Waals surface area contributed by atoms with Crippen molar-refractivity contribution in [3.05, 3.63) is 58.1 Å². The van der Waals surface area contributed by atoms with Crippen LogP contribution in [0.4, 0.5) is 5.69 Å². The quantitative estimate of drug-likeness (QED) is 0.851. The van der Waals surface area contributed by atoms with Crippen LogP contribution in [0.1, 0.15) is 18.9 Å². The minimum Gasteiger partial charge on any atom is -0.280 e. The van der Waals surface area contributed by atoms with E-state index in [1.807, 2.05) is 12.1 Å². The first-order valence-electron chi connectivity index (χ1n) is 6.48. The monoisotopic (exact) mass is 343 g/mol. The standard InChI is InChI=1S/C15H15Cl2NO2S/c1-2-3-11-4-6-15(7-5-11)21(19,20)18-14-9-12(16)8-13(17)10-14/h4-10,18H,2-3H2,1H3. The van der Waals surface area contributed by atoms with Crippen LogP contribution in [0.3, 0.4) is 0 Å². The summed E-state index contributed by atoms with van der Waals surface area (Å²) in [5.41, 5.74) is 1.45. The molecule has 0 saturated carbocycles. The number of hydrogen-bond acceptors (Lipinski definition) is 2. The Hall–Kier alpha value is -1.23. The Morgan fingerprint density at radius 2 is 1.57 bits per heavy atom. The van der Waals surface area contributed by atoms with E-state index in [-0.39, 0.29) is 4.90 Å². The number of halogens is 2. The van der Waals surface area contributed by atoms with Crippen molar-refractivity contribution in [3.8, 4) is 0 Å². The minimum absolute atomic E-state index is 0.207. The van der Waals surface area contributed by atoms with Gasteiger partial charge in [0.15, 0.2) is 0 Å². The van der Waals surface area contributed by atoms with Gasteiger partial charge in [-0.2, -0.15) is 0 Å². The molecule has 0 amide bonds. The van der Waals surface area contributed by atoms with Crippen LogP contribution >= 0.6 is 23.2 Å². The van der Waals surface area contributed by atoms with Crippen LogP contribution in [0.2, 0.25) is 10.0 Å². The van der Waals surface area contributed by atoms with E-state index in [0.717, 1.165) is 18.4 Å². The molecule has 6 heteroatoms. The molecule has 0 saturated heterocycles. The summed E-state index contributed by atoms with van der Waals surface area (Å²) in [4.78, 5) is 0.207. The molecule has 2 aromatic rings. The maximum absolute atomic E-state index is 12.3. The van der Waals surface area contributed by atoms with Gasteiger partial charge in [-0.1, -0.05) is 48.7 Å². The highest BCUT2D eigenvalue weighted by molar-refractivity contribution is 7.92. The van der Waals surface area contributed by atoms with Crippen molar-refractivity contribution in [2.24, 2.45) is 0 Å². The van der Waals surface area contributed by atoms with Gasteiger partial charge in [0.1, 0.15) is 0 Å². The van der Waals surface area contributed by atoms with E-state index in [2.05, 4.69) is 11.6 Å². The second kappa shape index (κ2) is 6.69. The van der Waals surface area contributed by atoms with Crippen molar-refractivity contribution >= 4 is 38.9 Å². The lowest BCUT2D eigenvalue weighted by molar-refractivity contribution is 0.601. The zero-order valence-electron chi connectivity index (χ0n) is 11.4. The summed E-state index contributed by atoms with van der Waals surface area (Å²) in [6, 6.07) is 11.4. The molecular weight excluding hydrogens is 329 g/mol. The fourth-order valence-electron chi connectivity index (χ4n) is 1.95. The summed E-state index contributed by atoms with van der Waals surface area (Å²) in [7, 11) is -3.65. The van der Waals surface area contributed by atoms with Gasteiger partial charge in [-0.25, -0.2) is 8.42 Å². The highest BCUT2D eigenvalue weighted by Crippen LogP contribution is 2.24. The largest absolute Gasteiger partial charge is 0.280 e. The van der Waals surface area contributed by atoms with E-state index in [0.29, 0.717) is 15.7 Å². The summed E-state index contributed by atoms with van der Waals surface area (Å²) in [6.07, 6.45) is 1.95. The molecular formula is C15H15Cl2NO2S. The van der Waals surface area contributed by atoms with Crippen LogP contribution in [-0.4, -0.2) is 8.42 Å². The zero-order valence-corrected chi connectivity index (χ0v) is 13.8. The van der Waals surface area contributed by atoms with Gasteiger partial charge in [-0.3, -0.25) is 4.72 Å². The van der Waals surface area contributed by atoms with Gasteiger partial charge in [0.25, 0.3) is 10.0 Å². The molecule has 0 unspecified atom stereocenters. The van der Waals surface area contributed by atoms with Crippen molar-refractivity contribution in [3.63, 3.8) is 0 Å². The lowest BCUT2D eigenvalue weighted by atomic mass is 10.1. The molecule has 21 heavy (non-hydrogen) atoms. The van der Waals surface area contributed by atoms with E-state index in [1.165, 1.54) is 12.1 Å². The average molecular weight is 344 g/mol. The van der Waals surface area contributed by atoms with Gasteiger partial charge in [-0.15, -0.1) is 0 Å². The van der Waals surface area contributed by atoms with Gasteiger partial charge in [0.05, 0.1) is 10.6 Å². The number of sulfonamides is 1. The molecule has 0 aliphatic rings. The Morgan fingerprint density at radius 3 is 2.10 bits per heavy atom. The van der Waals surface area contributed by atoms with Gasteiger partial charge in [-0.05, 0) is 42.3 Å². The molecule has 0 fully saturated rings. The summed E-state index contributed by atoms with van der Waals surface area (Å²) in [6.45, 7) is 2.08. The predicted molar refractivity (Wildman–Crippen MR) is 87.7 cm³/mol. The van der Waals surface area contributed by atoms with Crippen LogP contribution < -0.4 is 4.72 Å². The smallest absolute Gasteiger partial charge is 0.261 e. The topological polar surface area (TPSA) is 46.2 Å². The Morgan fingerprint density at radius 1 is 1.00 bits per heavy atom. The second-order valence-electron chi connectivity index (χ2n) is 4.66. The molecule has 2 rings (SSSR count). The number of aryl methyl sites for hydroxylation is 1. The highest BCUT2D eigenvalue weighted by atomic mass is 35.5. The third kappa shape index (κ3) is 4.37. The first kappa shape index (κ1) is 16.1. The first-order chi connectivity index (χ1) is 9.90. The Labute approximate surface area is 135 Å². The van der Waals surface area contributed by atoms with Crippen LogP contribution in [0, 0.1) is 0 Å². The lowest BCUT2D eigenvalue weighted by Crippen LogP contribution is -2.12. The van der Waals surface area contributed by atoms with Crippen molar-refractivity contribution in [2.45, 2.75) is 24.7 Å². The third-order valence-corrected chi connectivity index (χ3v) is 4.72. The summed E-state index contributed by atoms with van der Waals surface area (Å²) in [5, 5.41) is 0.747.